The SMILES string of the molecule is N#CC1CC(F)(F)CN1C(=O)CNC(=O)c1ccnc2c(NC(=O)CCC(=O)O)cccc12. The number of rotatable bonds is 7. The fraction of sp³-hybridized carbons (Fsp3) is 0.333. The molecule has 2 aromatic rings. The molecule has 1 unspecified atom stereocenters. The lowest BCUT2D eigenvalue weighted by molar-refractivity contribution is -0.138. The molecule has 2 heterocycles. The fourth-order valence-corrected chi connectivity index (χ4v) is 3.46. The zero-order valence-electron chi connectivity index (χ0n) is 17.2. The number of aliphatic carboxylic acids is 1. The first kappa shape index (κ1) is 23.5. The second kappa shape index (κ2) is 9.56. The van der Waals surface area contributed by atoms with Crippen molar-refractivity contribution < 1.29 is 33.1 Å². The molecule has 33 heavy (non-hydrogen) atoms. The van der Waals surface area contributed by atoms with Crippen LogP contribution in [0.1, 0.15) is 29.6 Å². The Kier molecular flexibility index (Phi) is 6.81. The number of carbonyl (C=O) groups is 4. The molecule has 1 fully saturated rings. The highest BCUT2D eigenvalue weighted by Gasteiger charge is 2.47. The van der Waals surface area contributed by atoms with E-state index in [1.54, 1.807) is 18.2 Å². The summed E-state index contributed by atoms with van der Waals surface area (Å²) in [6.45, 7) is -1.47. The number of para-hydroxylation sites is 1. The van der Waals surface area contributed by atoms with E-state index in [0.29, 0.717) is 5.39 Å². The Balaban J connectivity index is 1.73. The van der Waals surface area contributed by atoms with Crippen LogP contribution >= 0.6 is 0 Å². The van der Waals surface area contributed by atoms with Crippen LogP contribution in [0.25, 0.3) is 10.9 Å². The highest BCUT2D eigenvalue weighted by atomic mass is 19.3. The molecule has 3 N–H and O–H groups in total. The van der Waals surface area contributed by atoms with E-state index in [1.807, 2.05) is 0 Å². The molecule has 0 spiro atoms. The van der Waals surface area contributed by atoms with Crippen molar-refractivity contribution in [3.05, 3.63) is 36.0 Å². The average molecular weight is 459 g/mol. The van der Waals surface area contributed by atoms with Gasteiger partial charge in [-0.3, -0.25) is 24.2 Å². The summed E-state index contributed by atoms with van der Waals surface area (Å²) >= 11 is 0. The van der Waals surface area contributed by atoms with Gasteiger partial charge in [-0.1, -0.05) is 12.1 Å². The number of hydrogen-bond acceptors (Lipinski definition) is 6. The number of benzene rings is 1. The van der Waals surface area contributed by atoms with Crippen molar-refractivity contribution in [1.29, 1.82) is 5.26 Å². The molecule has 0 radical (unpaired) electrons. The number of nitriles is 1. The highest BCUT2D eigenvalue weighted by molar-refractivity contribution is 6.10. The molecule has 1 aliphatic heterocycles. The third-order valence-electron chi connectivity index (χ3n) is 5.00. The van der Waals surface area contributed by atoms with Crippen LogP contribution in [0.3, 0.4) is 0 Å². The number of anilines is 1. The lowest BCUT2D eigenvalue weighted by atomic mass is 10.1. The average Bonchev–Trinajstić information content (AvgIpc) is 3.10. The summed E-state index contributed by atoms with van der Waals surface area (Å²) in [6, 6.07) is 6.45. The second-order valence-corrected chi connectivity index (χ2v) is 7.41. The van der Waals surface area contributed by atoms with E-state index in [9.17, 15) is 28.0 Å². The van der Waals surface area contributed by atoms with Gasteiger partial charge in [0.2, 0.25) is 11.8 Å². The fourth-order valence-electron chi connectivity index (χ4n) is 3.46. The van der Waals surface area contributed by atoms with E-state index in [-0.39, 0.29) is 29.6 Å². The van der Waals surface area contributed by atoms with Crippen molar-refractivity contribution >= 4 is 40.3 Å². The van der Waals surface area contributed by atoms with Crippen LogP contribution in [0.4, 0.5) is 14.5 Å². The maximum Gasteiger partial charge on any atom is 0.303 e. The molecule has 1 atom stereocenters. The van der Waals surface area contributed by atoms with Crippen molar-refractivity contribution in [3.8, 4) is 6.07 Å². The Morgan fingerprint density at radius 2 is 2.00 bits per heavy atom. The van der Waals surface area contributed by atoms with Crippen LogP contribution < -0.4 is 10.6 Å². The van der Waals surface area contributed by atoms with Crippen LogP contribution in [-0.4, -0.2) is 63.7 Å². The van der Waals surface area contributed by atoms with Gasteiger partial charge in [-0.05, 0) is 12.1 Å². The van der Waals surface area contributed by atoms with Gasteiger partial charge in [0.25, 0.3) is 11.8 Å². The first-order valence-corrected chi connectivity index (χ1v) is 9.86. The van der Waals surface area contributed by atoms with Gasteiger partial charge in [0.1, 0.15) is 6.04 Å². The van der Waals surface area contributed by atoms with Gasteiger partial charge in [0, 0.05) is 24.4 Å². The van der Waals surface area contributed by atoms with E-state index < -0.39 is 55.2 Å². The van der Waals surface area contributed by atoms with E-state index >= 15 is 0 Å². The zero-order valence-corrected chi connectivity index (χ0v) is 17.2. The van der Waals surface area contributed by atoms with Crippen LogP contribution in [0.2, 0.25) is 0 Å². The van der Waals surface area contributed by atoms with Gasteiger partial charge in [0.15, 0.2) is 0 Å². The van der Waals surface area contributed by atoms with Gasteiger partial charge in [-0.2, -0.15) is 5.26 Å². The summed E-state index contributed by atoms with van der Waals surface area (Å²) in [6.07, 6.45) is -0.0214. The summed E-state index contributed by atoms with van der Waals surface area (Å²) in [7, 11) is 0. The number of nitrogens with one attached hydrogen (secondary N) is 2. The monoisotopic (exact) mass is 459 g/mol. The van der Waals surface area contributed by atoms with Gasteiger partial charge >= 0.3 is 5.97 Å². The molecule has 10 nitrogen and oxygen atoms in total. The normalized spacial score (nSPS) is 16.8. The first-order chi connectivity index (χ1) is 15.6. The molecule has 3 amide bonds. The van der Waals surface area contributed by atoms with Crippen molar-refractivity contribution in [2.24, 2.45) is 0 Å². The van der Waals surface area contributed by atoms with Crippen LogP contribution in [0.15, 0.2) is 30.5 Å². The van der Waals surface area contributed by atoms with Crippen LogP contribution in [0.5, 0.6) is 0 Å². The number of fused-ring (bicyclic) bond motifs is 1. The Morgan fingerprint density at radius 1 is 1.24 bits per heavy atom. The highest BCUT2D eigenvalue weighted by Crippen LogP contribution is 2.31. The maximum absolute atomic E-state index is 13.5. The molecular weight excluding hydrogens is 440 g/mol. The number of likely N-dealkylation sites (tertiary alicyclic amines) is 1. The Hall–Kier alpha value is -4.14. The topological polar surface area (TPSA) is 152 Å². The lowest BCUT2D eigenvalue weighted by Gasteiger charge is -2.19. The van der Waals surface area contributed by atoms with Crippen LogP contribution in [-0.2, 0) is 14.4 Å². The third kappa shape index (κ3) is 5.57. The number of carbonyl (C=O) groups excluding carboxylic acids is 3. The van der Waals surface area contributed by atoms with E-state index in [0.717, 1.165) is 4.90 Å². The van der Waals surface area contributed by atoms with Crippen LogP contribution in [0, 0.1) is 11.3 Å². The smallest absolute Gasteiger partial charge is 0.303 e. The third-order valence-corrected chi connectivity index (χ3v) is 5.00. The van der Waals surface area contributed by atoms with Gasteiger partial charge < -0.3 is 20.6 Å². The molecule has 12 heteroatoms. The molecule has 1 aromatic carbocycles. The minimum absolute atomic E-state index is 0.123. The Morgan fingerprint density at radius 3 is 2.70 bits per heavy atom. The predicted molar refractivity (Wildman–Crippen MR) is 110 cm³/mol. The quantitative estimate of drug-likeness (QED) is 0.568. The van der Waals surface area contributed by atoms with E-state index in [4.69, 9.17) is 10.4 Å². The predicted octanol–water partition coefficient (Wildman–Crippen LogP) is 1.53. The Labute approximate surface area is 186 Å². The van der Waals surface area contributed by atoms with Gasteiger partial charge in [0.05, 0.1) is 42.3 Å². The van der Waals surface area contributed by atoms with Gasteiger partial charge in [-0.25, -0.2) is 8.78 Å². The number of alkyl halides is 2. The van der Waals surface area contributed by atoms with Crippen molar-refractivity contribution in [2.75, 3.05) is 18.4 Å². The minimum atomic E-state index is -3.16. The number of aromatic nitrogens is 1. The number of hydrogen-bond donors (Lipinski definition) is 3. The zero-order chi connectivity index (χ0) is 24.2. The van der Waals surface area contributed by atoms with Crippen molar-refractivity contribution in [3.63, 3.8) is 0 Å². The molecule has 172 valence electrons. The molecule has 0 bridgehead atoms. The number of pyridine rings is 1. The molecule has 0 aliphatic carbocycles. The second-order valence-electron chi connectivity index (χ2n) is 7.41. The summed E-state index contributed by atoms with van der Waals surface area (Å²) < 4.78 is 27.1. The van der Waals surface area contributed by atoms with Crippen molar-refractivity contribution in [1.82, 2.24) is 15.2 Å². The number of carboxylic acid groups (broad SMARTS) is 1. The summed E-state index contributed by atoms with van der Waals surface area (Å²) in [5.41, 5.74) is 0.659. The van der Waals surface area contributed by atoms with E-state index in [1.165, 1.54) is 18.3 Å². The molecule has 3 rings (SSSR count). The molecule has 1 aliphatic rings. The van der Waals surface area contributed by atoms with E-state index in [2.05, 4.69) is 15.6 Å². The molecule has 1 saturated heterocycles. The number of halogens is 2. The summed E-state index contributed by atoms with van der Waals surface area (Å²) in [5, 5.41) is 23.0. The first-order valence-electron chi connectivity index (χ1n) is 9.86. The number of carboxylic acids is 1. The molecule has 1 aromatic heterocycles. The van der Waals surface area contributed by atoms with Crippen molar-refractivity contribution in [2.45, 2.75) is 31.2 Å². The number of amides is 3. The lowest BCUT2D eigenvalue weighted by Crippen LogP contribution is -2.43. The number of nitrogens with zero attached hydrogens (tertiary/aromatic N) is 3. The summed E-state index contributed by atoms with van der Waals surface area (Å²) in [5.74, 6) is -6.30. The minimum Gasteiger partial charge on any atom is -0.481 e. The molecule has 0 saturated carbocycles. The standard InChI is InChI=1S/C21H19F2N5O5/c22-21(23)8-12(9-24)28(11-21)17(30)10-26-20(33)14-6-7-25-19-13(14)2-1-3-15(19)27-16(29)4-5-18(31)32/h1-3,6-7,12H,4-5,8,10-11H2,(H,26,33)(H,27,29)(H,31,32). The largest absolute Gasteiger partial charge is 0.481 e. The Bertz CT molecular complexity index is 1160. The maximum atomic E-state index is 13.5. The summed E-state index contributed by atoms with van der Waals surface area (Å²) in [4.78, 5) is 52.5. The van der Waals surface area contributed by atoms with Gasteiger partial charge in [-0.15, -0.1) is 0 Å². The molecular formula is C21H19F2N5O5.